The van der Waals surface area contributed by atoms with E-state index in [4.69, 9.17) is 4.98 Å². The van der Waals surface area contributed by atoms with E-state index in [-0.39, 0.29) is 0 Å². The zero-order valence-electron chi connectivity index (χ0n) is 27.4. The second kappa shape index (κ2) is 10.5. The van der Waals surface area contributed by atoms with Crippen LogP contribution in [0.5, 0.6) is 0 Å². The molecule has 0 saturated carbocycles. The lowest BCUT2D eigenvalue weighted by Crippen LogP contribution is -1.93. The maximum Gasteiger partial charge on any atom is 0.0998 e. The summed E-state index contributed by atoms with van der Waals surface area (Å²) >= 11 is 0. The average Bonchev–Trinajstić information content (AvgIpc) is 3.54. The average molecular weight is 646 g/mol. The molecule has 2 heterocycles. The highest BCUT2D eigenvalue weighted by molar-refractivity contribution is 6.27. The van der Waals surface area contributed by atoms with Gasteiger partial charge < -0.3 is 4.57 Å². The van der Waals surface area contributed by atoms with Crippen molar-refractivity contribution >= 4 is 64.9 Å². The Morgan fingerprint density at radius 3 is 1.67 bits per heavy atom. The number of rotatable bonds is 4. The molecule has 0 radical (unpaired) electrons. The van der Waals surface area contributed by atoms with Crippen molar-refractivity contribution in [2.24, 2.45) is 0 Å². The molecule has 11 aromatic rings. The van der Waals surface area contributed by atoms with Crippen molar-refractivity contribution in [1.29, 1.82) is 5.26 Å². The molecule has 234 valence electrons. The molecule has 0 aliphatic carbocycles. The van der Waals surface area contributed by atoms with Crippen molar-refractivity contribution in [1.82, 2.24) is 9.55 Å². The number of nitriles is 1. The van der Waals surface area contributed by atoms with Crippen molar-refractivity contribution in [2.75, 3.05) is 0 Å². The fourth-order valence-corrected chi connectivity index (χ4v) is 8.47. The molecular formula is C48H27N3. The predicted octanol–water partition coefficient (Wildman–Crippen LogP) is 12.5. The summed E-state index contributed by atoms with van der Waals surface area (Å²) in [6, 6.07) is 58.7. The Bertz CT molecular complexity index is 3100. The Morgan fingerprint density at radius 2 is 1.04 bits per heavy atom. The summed E-state index contributed by atoms with van der Waals surface area (Å²) in [6.45, 7) is 0. The Morgan fingerprint density at radius 1 is 0.451 bits per heavy atom. The molecule has 2 aromatic heterocycles. The minimum atomic E-state index is 0.693. The SMILES string of the molecule is N#Cc1ccc2c3c1ccc1c(-c4ccc(-c5cc6ccc7cc(-c8ccccc8)cc8ccc(c5)c6c78)nc4)ccc(c13)n2-c1ccccc1. The van der Waals surface area contributed by atoms with Crippen LogP contribution in [0.2, 0.25) is 0 Å². The first-order chi connectivity index (χ1) is 25.2. The van der Waals surface area contributed by atoms with Gasteiger partial charge in [0.15, 0.2) is 0 Å². The fraction of sp³-hybridized carbons (Fsp3) is 0. The Labute approximate surface area is 293 Å². The van der Waals surface area contributed by atoms with E-state index in [0.29, 0.717) is 5.56 Å². The number of nitrogens with zero attached hydrogens (tertiary/aromatic N) is 3. The molecule has 0 unspecified atom stereocenters. The molecule has 0 saturated heterocycles. The van der Waals surface area contributed by atoms with Gasteiger partial charge in [0.05, 0.1) is 28.4 Å². The molecule has 9 aromatic carbocycles. The quantitative estimate of drug-likeness (QED) is 0.179. The lowest BCUT2D eigenvalue weighted by Gasteiger charge is -2.14. The summed E-state index contributed by atoms with van der Waals surface area (Å²) in [5.41, 5.74) is 10.7. The number of hydrogen-bond donors (Lipinski definition) is 0. The van der Waals surface area contributed by atoms with Gasteiger partial charge in [-0.3, -0.25) is 4.98 Å². The maximum atomic E-state index is 9.97. The van der Waals surface area contributed by atoms with Gasteiger partial charge in [0.2, 0.25) is 0 Å². The predicted molar refractivity (Wildman–Crippen MR) is 212 cm³/mol. The Hall–Kier alpha value is -7.02. The van der Waals surface area contributed by atoms with Gasteiger partial charge in [-0.05, 0) is 115 Å². The standard InChI is InChI=1S/C48H27N3/c49-27-34-16-21-43-47-40(34)17-18-41-39(19-22-44(48(41)47)51(43)38-9-5-2-6-10-38)35-15-20-42(50-28-35)37-25-32-13-11-30-23-36(29-7-3-1-4-8-29)24-31-12-14-33(26-37)46(32)45(30)31/h1-26,28H. The van der Waals surface area contributed by atoms with E-state index in [9.17, 15) is 5.26 Å². The van der Waals surface area contributed by atoms with Gasteiger partial charge in [-0.15, -0.1) is 0 Å². The molecule has 3 heteroatoms. The van der Waals surface area contributed by atoms with Gasteiger partial charge >= 0.3 is 0 Å². The molecule has 0 aliphatic heterocycles. The minimum Gasteiger partial charge on any atom is -0.309 e. The van der Waals surface area contributed by atoms with Crippen LogP contribution in [0, 0.1) is 11.3 Å². The Kier molecular flexibility index (Phi) is 5.73. The van der Waals surface area contributed by atoms with E-state index in [2.05, 4.69) is 156 Å². The maximum absolute atomic E-state index is 9.97. The smallest absolute Gasteiger partial charge is 0.0998 e. The van der Waals surface area contributed by atoms with Crippen LogP contribution in [0.15, 0.2) is 164 Å². The zero-order valence-corrected chi connectivity index (χ0v) is 27.4. The molecule has 0 N–H and O–H groups in total. The fourth-order valence-electron chi connectivity index (χ4n) is 8.47. The van der Waals surface area contributed by atoms with E-state index in [1.54, 1.807) is 0 Å². The summed E-state index contributed by atoms with van der Waals surface area (Å²) in [5, 5.41) is 22.0. The molecule has 0 atom stereocenters. The van der Waals surface area contributed by atoms with Gasteiger partial charge in [0.25, 0.3) is 0 Å². The van der Waals surface area contributed by atoms with Crippen molar-refractivity contribution < 1.29 is 0 Å². The van der Waals surface area contributed by atoms with E-state index >= 15 is 0 Å². The molecule has 0 amide bonds. The third-order valence-electron chi connectivity index (χ3n) is 10.7. The van der Waals surface area contributed by atoms with Crippen LogP contribution in [0.3, 0.4) is 0 Å². The highest BCUT2D eigenvalue weighted by Crippen LogP contribution is 2.44. The monoisotopic (exact) mass is 645 g/mol. The van der Waals surface area contributed by atoms with Crippen molar-refractivity contribution in [3.8, 4) is 45.3 Å². The number of aromatic nitrogens is 2. The zero-order chi connectivity index (χ0) is 33.6. The minimum absolute atomic E-state index is 0.693. The topological polar surface area (TPSA) is 41.6 Å². The molecule has 3 nitrogen and oxygen atoms in total. The second-order valence-electron chi connectivity index (χ2n) is 13.5. The normalized spacial score (nSPS) is 11.9. The number of benzene rings is 9. The first kappa shape index (κ1) is 27.9. The molecular weight excluding hydrogens is 619 g/mol. The van der Waals surface area contributed by atoms with Gasteiger partial charge in [0.1, 0.15) is 0 Å². The second-order valence-corrected chi connectivity index (χ2v) is 13.5. The summed E-state index contributed by atoms with van der Waals surface area (Å²) in [4.78, 5) is 5.05. The molecule has 0 fully saturated rings. The largest absolute Gasteiger partial charge is 0.309 e. The summed E-state index contributed by atoms with van der Waals surface area (Å²) in [5.74, 6) is 0. The number of pyridine rings is 1. The van der Waals surface area contributed by atoms with E-state index in [0.717, 1.165) is 55.3 Å². The van der Waals surface area contributed by atoms with Crippen LogP contribution in [0.1, 0.15) is 5.56 Å². The van der Waals surface area contributed by atoms with E-state index in [1.807, 2.05) is 18.3 Å². The third kappa shape index (κ3) is 4.02. The lowest BCUT2D eigenvalue weighted by atomic mass is 9.90. The van der Waals surface area contributed by atoms with Gasteiger partial charge in [-0.1, -0.05) is 97.1 Å². The number of hydrogen-bond acceptors (Lipinski definition) is 2. The first-order valence-corrected chi connectivity index (χ1v) is 17.3. The van der Waals surface area contributed by atoms with E-state index < -0.39 is 0 Å². The van der Waals surface area contributed by atoms with Gasteiger partial charge in [-0.2, -0.15) is 5.26 Å². The summed E-state index contributed by atoms with van der Waals surface area (Å²) in [6.07, 6.45) is 2.00. The summed E-state index contributed by atoms with van der Waals surface area (Å²) in [7, 11) is 0. The van der Waals surface area contributed by atoms with Crippen LogP contribution < -0.4 is 0 Å². The molecule has 11 rings (SSSR count). The van der Waals surface area contributed by atoms with Crippen LogP contribution in [-0.4, -0.2) is 9.55 Å². The molecule has 0 aliphatic rings. The molecule has 0 spiro atoms. The number of para-hydroxylation sites is 1. The third-order valence-corrected chi connectivity index (χ3v) is 10.7. The van der Waals surface area contributed by atoms with Crippen LogP contribution in [0.25, 0.3) is 104 Å². The van der Waals surface area contributed by atoms with Crippen molar-refractivity contribution in [3.63, 3.8) is 0 Å². The van der Waals surface area contributed by atoms with Crippen LogP contribution in [-0.2, 0) is 0 Å². The van der Waals surface area contributed by atoms with Crippen molar-refractivity contribution in [2.45, 2.75) is 0 Å². The lowest BCUT2D eigenvalue weighted by molar-refractivity contribution is 1.18. The Balaban J connectivity index is 1.03. The summed E-state index contributed by atoms with van der Waals surface area (Å²) < 4.78 is 2.31. The van der Waals surface area contributed by atoms with E-state index in [1.165, 1.54) is 48.8 Å². The van der Waals surface area contributed by atoms with Gasteiger partial charge in [0, 0.05) is 39.2 Å². The van der Waals surface area contributed by atoms with Crippen LogP contribution in [0.4, 0.5) is 0 Å². The highest BCUT2D eigenvalue weighted by atomic mass is 15.0. The van der Waals surface area contributed by atoms with Crippen LogP contribution >= 0.6 is 0 Å². The molecule has 0 bridgehead atoms. The van der Waals surface area contributed by atoms with Crippen molar-refractivity contribution in [3.05, 3.63) is 169 Å². The first-order valence-electron chi connectivity index (χ1n) is 17.3. The molecule has 51 heavy (non-hydrogen) atoms. The highest BCUT2D eigenvalue weighted by Gasteiger charge is 2.21. The van der Waals surface area contributed by atoms with Gasteiger partial charge in [-0.25, -0.2) is 0 Å².